The van der Waals surface area contributed by atoms with E-state index >= 15 is 0 Å². The predicted molar refractivity (Wildman–Crippen MR) is 87.9 cm³/mol. The van der Waals surface area contributed by atoms with Crippen LogP contribution in [0.15, 0.2) is 34.6 Å². The minimum absolute atomic E-state index is 0.191. The van der Waals surface area contributed by atoms with Crippen molar-refractivity contribution in [3.63, 3.8) is 0 Å². The highest BCUT2D eigenvalue weighted by atomic mass is 32.1. The second-order valence-corrected chi connectivity index (χ2v) is 6.99. The number of nitrogens with zero attached hydrogens (tertiary/aromatic N) is 1. The number of amides is 1. The van der Waals surface area contributed by atoms with Gasteiger partial charge in [-0.05, 0) is 48.4 Å². The molecule has 2 aliphatic rings. The van der Waals surface area contributed by atoms with Crippen molar-refractivity contribution in [2.24, 2.45) is 0 Å². The van der Waals surface area contributed by atoms with Crippen LogP contribution in [0.3, 0.4) is 0 Å². The first-order valence-electron chi connectivity index (χ1n) is 7.87. The lowest BCUT2D eigenvalue weighted by atomic mass is 9.85. The van der Waals surface area contributed by atoms with Gasteiger partial charge >= 0.3 is 0 Å². The number of aromatic amines is 1. The SMILES string of the molecule is O=C(c1ccc[nH]c1=O)N1CCC2(CC1)OCCc1ccsc12. The Morgan fingerprint density at radius 2 is 2.13 bits per heavy atom. The Bertz CT molecular complexity index is 787. The first-order chi connectivity index (χ1) is 11.2. The lowest BCUT2D eigenvalue weighted by Crippen LogP contribution is -2.48. The van der Waals surface area contributed by atoms with Gasteiger partial charge in [0.05, 0.1) is 6.61 Å². The molecule has 23 heavy (non-hydrogen) atoms. The molecular weight excluding hydrogens is 312 g/mol. The van der Waals surface area contributed by atoms with Crippen molar-refractivity contribution in [3.05, 3.63) is 56.1 Å². The maximum Gasteiger partial charge on any atom is 0.260 e. The zero-order chi connectivity index (χ0) is 15.9. The molecule has 2 aliphatic heterocycles. The van der Waals surface area contributed by atoms with Gasteiger partial charge in [0.25, 0.3) is 11.5 Å². The van der Waals surface area contributed by atoms with Gasteiger partial charge in [0.1, 0.15) is 11.2 Å². The highest BCUT2D eigenvalue weighted by molar-refractivity contribution is 7.10. The first kappa shape index (κ1) is 14.7. The average molecular weight is 330 g/mol. The number of carbonyl (C=O) groups excluding carboxylic acids is 1. The largest absolute Gasteiger partial charge is 0.369 e. The van der Waals surface area contributed by atoms with Crippen LogP contribution in [-0.2, 0) is 16.8 Å². The van der Waals surface area contributed by atoms with Crippen molar-refractivity contribution >= 4 is 17.2 Å². The van der Waals surface area contributed by atoms with Crippen molar-refractivity contribution in [3.8, 4) is 0 Å². The minimum atomic E-state index is -0.327. The summed E-state index contributed by atoms with van der Waals surface area (Å²) in [6.45, 7) is 1.98. The highest BCUT2D eigenvalue weighted by Crippen LogP contribution is 2.44. The molecule has 1 fully saturated rings. The summed E-state index contributed by atoms with van der Waals surface area (Å²) < 4.78 is 6.15. The number of pyridine rings is 1. The second kappa shape index (κ2) is 5.62. The van der Waals surface area contributed by atoms with Crippen LogP contribution >= 0.6 is 11.3 Å². The van der Waals surface area contributed by atoms with E-state index in [1.807, 2.05) is 0 Å². The molecule has 4 rings (SSSR count). The molecule has 0 saturated carbocycles. The van der Waals surface area contributed by atoms with Gasteiger partial charge in [-0.25, -0.2) is 0 Å². The molecule has 1 amide bonds. The van der Waals surface area contributed by atoms with Gasteiger partial charge in [0.15, 0.2) is 0 Å². The molecule has 2 aromatic rings. The Balaban J connectivity index is 1.54. The number of H-pyrrole nitrogens is 1. The van der Waals surface area contributed by atoms with Gasteiger partial charge in [0.2, 0.25) is 0 Å². The second-order valence-electron chi connectivity index (χ2n) is 6.07. The molecule has 0 atom stereocenters. The molecule has 6 heteroatoms. The molecule has 0 aliphatic carbocycles. The molecule has 0 bridgehead atoms. The van der Waals surface area contributed by atoms with E-state index in [4.69, 9.17) is 4.74 Å². The summed E-state index contributed by atoms with van der Waals surface area (Å²) in [5.74, 6) is -0.191. The van der Waals surface area contributed by atoms with Crippen molar-refractivity contribution in [1.29, 1.82) is 0 Å². The molecule has 1 spiro atoms. The topological polar surface area (TPSA) is 62.4 Å². The Labute approximate surface area is 137 Å². The van der Waals surface area contributed by atoms with E-state index in [1.165, 1.54) is 10.4 Å². The molecule has 120 valence electrons. The van der Waals surface area contributed by atoms with Crippen LogP contribution in [0.2, 0.25) is 0 Å². The molecule has 4 heterocycles. The van der Waals surface area contributed by atoms with Gasteiger partial charge in [-0.1, -0.05) is 0 Å². The standard InChI is InChI=1S/C17H18N2O3S/c20-15-13(2-1-7-18-15)16(21)19-8-5-17(6-9-19)14-12(3-10-22-17)4-11-23-14/h1-2,4,7,11H,3,5-6,8-10H2,(H,18,20). The molecule has 5 nitrogen and oxygen atoms in total. The zero-order valence-electron chi connectivity index (χ0n) is 12.7. The van der Waals surface area contributed by atoms with Crippen molar-refractivity contribution in [2.75, 3.05) is 19.7 Å². The maximum atomic E-state index is 12.6. The van der Waals surface area contributed by atoms with E-state index < -0.39 is 0 Å². The number of nitrogens with one attached hydrogen (secondary N) is 1. The summed E-state index contributed by atoms with van der Waals surface area (Å²) in [6.07, 6.45) is 4.09. The normalized spacial score (nSPS) is 19.6. The molecule has 0 unspecified atom stereocenters. The molecule has 0 radical (unpaired) electrons. The van der Waals surface area contributed by atoms with Crippen LogP contribution in [0.4, 0.5) is 0 Å². The van der Waals surface area contributed by atoms with Crippen LogP contribution in [0.1, 0.15) is 33.6 Å². The number of thiophene rings is 1. The average Bonchev–Trinajstić information content (AvgIpc) is 3.06. The quantitative estimate of drug-likeness (QED) is 0.871. The van der Waals surface area contributed by atoms with Gasteiger partial charge in [-0.2, -0.15) is 0 Å². The van der Waals surface area contributed by atoms with E-state index in [0.717, 1.165) is 25.9 Å². The lowest BCUT2D eigenvalue weighted by Gasteiger charge is -2.43. The molecule has 0 aromatic carbocycles. The summed E-state index contributed by atoms with van der Waals surface area (Å²) in [6, 6.07) is 5.45. The number of aromatic nitrogens is 1. The first-order valence-corrected chi connectivity index (χ1v) is 8.75. The summed E-state index contributed by atoms with van der Waals surface area (Å²) in [5, 5.41) is 2.13. The lowest BCUT2D eigenvalue weighted by molar-refractivity contribution is -0.0906. The van der Waals surface area contributed by atoms with Gasteiger partial charge in [-0.3, -0.25) is 9.59 Å². The summed E-state index contributed by atoms with van der Waals surface area (Å²) in [4.78, 5) is 30.0. The van der Waals surface area contributed by atoms with Crippen molar-refractivity contribution in [2.45, 2.75) is 24.9 Å². The van der Waals surface area contributed by atoms with Gasteiger partial charge in [-0.15, -0.1) is 11.3 Å². The van der Waals surface area contributed by atoms with Gasteiger partial charge in [0, 0.05) is 24.2 Å². The third-order valence-corrected chi connectivity index (χ3v) is 5.96. The fraction of sp³-hybridized carbons (Fsp3) is 0.412. The maximum absolute atomic E-state index is 12.6. The van der Waals surface area contributed by atoms with Crippen LogP contribution < -0.4 is 5.56 Å². The van der Waals surface area contributed by atoms with Gasteiger partial charge < -0.3 is 14.6 Å². The van der Waals surface area contributed by atoms with E-state index in [9.17, 15) is 9.59 Å². The fourth-order valence-electron chi connectivity index (χ4n) is 3.56. The third-order valence-electron chi connectivity index (χ3n) is 4.82. The Kier molecular flexibility index (Phi) is 3.58. The highest BCUT2D eigenvalue weighted by Gasteiger charge is 2.42. The van der Waals surface area contributed by atoms with Crippen molar-refractivity contribution < 1.29 is 9.53 Å². The van der Waals surface area contributed by atoms with Crippen LogP contribution in [0.5, 0.6) is 0 Å². The third kappa shape index (κ3) is 2.42. The number of carbonyl (C=O) groups is 1. The van der Waals surface area contributed by atoms with E-state index in [0.29, 0.717) is 13.1 Å². The smallest absolute Gasteiger partial charge is 0.260 e. The number of fused-ring (bicyclic) bond motifs is 2. The fourth-order valence-corrected chi connectivity index (χ4v) is 4.72. The molecule has 1 saturated heterocycles. The summed E-state index contributed by atoms with van der Waals surface area (Å²) in [7, 11) is 0. The number of ether oxygens (including phenoxy) is 1. The molecule has 2 aromatic heterocycles. The Morgan fingerprint density at radius 3 is 2.91 bits per heavy atom. The monoisotopic (exact) mass is 330 g/mol. The summed E-state index contributed by atoms with van der Waals surface area (Å²) in [5.41, 5.74) is 1.04. The number of likely N-dealkylation sites (tertiary alicyclic amines) is 1. The van der Waals surface area contributed by atoms with Crippen LogP contribution in [-0.4, -0.2) is 35.5 Å². The van der Waals surface area contributed by atoms with E-state index in [1.54, 1.807) is 34.6 Å². The number of rotatable bonds is 1. The van der Waals surface area contributed by atoms with E-state index in [-0.39, 0.29) is 22.6 Å². The number of hydrogen-bond donors (Lipinski definition) is 1. The Hall–Kier alpha value is -1.92. The van der Waals surface area contributed by atoms with Crippen LogP contribution in [0.25, 0.3) is 0 Å². The molecular formula is C17H18N2O3S. The number of piperidine rings is 1. The van der Waals surface area contributed by atoms with Crippen molar-refractivity contribution in [1.82, 2.24) is 9.88 Å². The minimum Gasteiger partial charge on any atom is -0.369 e. The molecule has 1 N–H and O–H groups in total. The zero-order valence-corrected chi connectivity index (χ0v) is 13.5. The van der Waals surface area contributed by atoms with E-state index in [2.05, 4.69) is 16.4 Å². The van der Waals surface area contributed by atoms with Crippen LogP contribution in [0, 0.1) is 0 Å². The Morgan fingerprint density at radius 1 is 1.30 bits per heavy atom. The summed E-state index contributed by atoms with van der Waals surface area (Å²) >= 11 is 1.76. The number of hydrogen-bond acceptors (Lipinski definition) is 4. The predicted octanol–water partition coefficient (Wildman–Crippen LogP) is 2.14.